The fraction of sp³-hybridized carbons (Fsp3) is 0.0952. The van der Waals surface area contributed by atoms with Gasteiger partial charge in [0.25, 0.3) is 0 Å². The second-order valence-electron chi connectivity index (χ2n) is 11.7. The molecule has 0 spiro atoms. The van der Waals surface area contributed by atoms with Gasteiger partial charge in [0, 0.05) is 50.0 Å². The molecule has 0 fully saturated rings. The molecular formula is C42H30Cl5IN6O4Zn. The van der Waals surface area contributed by atoms with Crippen LogP contribution in [0.3, 0.4) is 0 Å². The molecule has 0 N–H and O–H groups in total. The van der Waals surface area contributed by atoms with E-state index in [4.69, 9.17) is 67.5 Å². The topological polar surface area (TPSA) is 113 Å². The van der Waals surface area contributed by atoms with Crippen LogP contribution in [0.5, 0.6) is 0 Å². The molecule has 4 aromatic carbocycles. The Kier molecular flexibility index (Phi) is 17.5. The van der Waals surface area contributed by atoms with E-state index in [-0.39, 0.29) is 24.6 Å². The van der Waals surface area contributed by atoms with E-state index in [1.54, 1.807) is 79.0 Å². The number of benzene rings is 4. The van der Waals surface area contributed by atoms with Crippen molar-refractivity contribution in [2.45, 2.75) is 13.8 Å². The van der Waals surface area contributed by atoms with E-state index >= 15 is 0 Å². The maximum atomic E-state index is 12.2. The second kappa shape index (κ2) is 22.5. The van der Waals surface area contributed by atoms with Crippen molar-refractivity contribution in [1.82, 2.24) is 29.2 Å². The van der Waals surface area contributed by atoms with E-state index in [0.29, 0.717) is 42.2 Å². The summed E-state index contributed by atoms with van der Waals surface area (Å²) in [6, 6.07) is 38.9. The average molecular weight is 1050 g/mol. The number of aromatic nitrogens is 6. The van der Waals surface area contributed by atoms with Crippen molar-refractivity contribution in [3.8, 4) is 33.8 Å². The summed E-state index contributed by atoms with van der Waals surface area (Å²) >= 11 is 33.6. The third kappa shape index (κ3) is 12.2. The molecule has 0 aliphatic rings. The first-order valence-corrected chi connectivity index (χ1v) is 28.5. The molecule has 0 unspecified atom stereocenters. The number of rotatable bonds is 7. The molecule has 0 radical (unpaired) electrons. The fourth-order valence-corrected chi connectivity index (χ4v) is 6.14. The quantitative estimate of drug-likeness (QED) is 0.0510. The van der Waals surface area contributed by atoms with Gasteiger partial charge in [-0.3, -0.25) is 0 Å². The van der Waals surface area contributed by atoms with E-state index < -0.39 is 11.9 Å². The van der Waals surface area contributed by atoms with Crippen LogP contribution in [0.15, 0.2) is 121 Å². The van der Waals surface area contributed by atoms with Gasteiger partial charge in [-0.25, -0.2) is 28.6 Å². The number of halogens is 6. The van der Waals surface area contributed by atoms with Crippen LogP contribution in [-0.2, 0) is 24.3 Å². The van der Waals surface area contributed by atoms with Crippen LogP contribution in [-0.4, -0.2) is 54.3 Å². The normalized spacial score (nSPS) is 10.4. The van der Waals surface area contributed by atoms with E-state index in [9.17, 15) is 9.59 Å². The minimum atomic E-state index is -0.503. The fourth-order valence-electron chi connectivity index (χ4n) is 5.29. The zero-order valence-electron chi connectivity index (χ0n) is 31.3. The molecule has 4 heterocycles. The SMILES string of the molecule is CCOC(=O)c1cc2nc(-c3ccc(Cl)cc3)cc(-c3ccccc3Cl)n2n1.CCOC(=O)c1cc2nc(-c3ccc(Cl)cc3)cc(Cl)n2n1.Clc1[c-]cccc1.[Zn+][I]. The molecule has 4 aromatic heterocycles. The Morgan fingerprint density at radius 1 is 0.644 bits per heavy atom. The third-order valence-electron chi connectivity index (χ3n) is 7.88. The number of ether oxygens (including phenoxy) is 2. The molecule has 0 saturated heterocycles. The second-order valence-corrected chi connectivity index (χ2v) is 13.8. The molecule has 8 aromatic rings. The van der Waals surface area contributed by atoms with Crippen molar-refractivity contribution in [2.24, 2.45) is 0 Å². The van der Waals surface area contributed by atoms with Gasteiger partial charge in [-0.2, -0.15) is 40.5 Å². The Balaban J connectivity index is 0.000000189. The van der Waals surface area contributed by atoms with Gasteiger partial charge < -0.3 is 9.47 Å². The van der Waals surface area contributed by atoms with Gasteiger partial charge in [0.1, 0.15) is 5.15 Å². The van der Waals surface area contributed by atoms with Crippen molar-refractivity contribution in [1.29, 1.82) is 0 Å². The number of carbonyl (C=O) groups is 2. The molecule has 17 heteroatoms. The molecule has 296 valence electrons. The summed E-state index contributed by atoms with van der Waals surface area (Å²) in [6.45, 7) is 4.04. The van der Waals surface area contributed by atoms with Crippen molar-refractivity contribution >= 4 is 101 Å². The zero-order chi connectivity index (χ0) is 42.5. The molecule has 59 heavy (non-hydrogen) atoms. The summed E-state index contributed by atoms with van der Waals surface area (Å²) < 4.78 is 13.0. The molecule has 0 aliphatic heterocycles. The first kappa shape index (κ1) is 45.9. The van der Waals surface area contributed by atoms with Crippen LogP contribution in [0.4, 0.5) is 0 Å². The summed E-state index contributed by atoms with van der Waals surface area (Å²) in [7, 11) is 0. The summed E-state index contributed by atoms with van der Waals surface area (Å²) in [5, 5.41) is 11.4. The van der Waals surface area contributed by atoms with Gasteiger partial charge in [-0.1, -0.05) is 93.9 Å². The van der Waals surface area contributed by atoms with Gasteiger partial charge in [-0.05, 0) is 50.2 Å². The Morgan fingerprint density at radius 3 is 1.61 bits per heavy atom. The first-order valence-electron chi connectivity index (χ1n) is 17.5. The number of hydrogen-bond donors (Lipinski definition) is 0. The molecular weight excluding hydrogens is 1020 g/mol. The number of fused-ring (bicyclic) bond motifs is 2. The van der Waals surface area contributed by atoms with Gasteiger partial charge in [0.15, 0.2) is 22.7 Å². The van der Waals surface area contributed by atoms with Crippen LogP contribution in [0.2, 0.25) is 25.2 Å². The van der Waals surface area contributed by atoms with E-state index in [2.05, 4.69) is 46.0 Å². The number of nitrogens with zero attached hydrogens (tertiary/aromatic N) is 6. The number of hydrogen-bond acceptors (Lipinski definition) is 8. The zero-order valence-corrected chi connectivity index (χ0v) is 40.2. The van der Waals surface area contributed by atoms with Crippen LogP contribution in [0.25, 0.3) is 45.1 Å². The van der Waals surface area contributed by atoms with Crippen LogP contribution in [0, 0.1) is 6.07 Å². The Labute approximate surface area is 385 Å². The predicted molar refractivity (Wildman–Crippen MR) is 239 cm³/mol. The van der Waals surface area contributed by atoms with Gasteiger partial charge in [0.2, 0.25) is 0 Å². The summed E-state index contributed by atoms with van der Waals surface area (Å²) in [5.41, 5.74) is 6.00. The van der Waals surface area contributed by atoms with Crippen molar-refractivity contribution in [3.05, 3.63) is 164 Å². The monoisotopic (exact) mass is 1050 g/mol. The maximum absolute atomic E-state index is 12.2. The Bertz CT molecular complexity index is 2670. The third-order valence-corrected chi connectivity index (χ3v) is 9.22. The Morgan fingerprint density at radius 2 is 1.14 bits per heavy atom. The molecule has 10 nitrogen and oxygen atoms in total. The molecule has 0 amide bonds. The summed E-state index contributed by atoms with van der Waals surface area (Å²) in [4.78, 5) is 33.0. The van der Waals surface area contributed by atoms with Crippen molar-refractivity contribution < 1.29 is 33.9 Å². The van der Waals surface area contributed by atoms with E-state index in [1.807, 2.05) is 60.7 Å². The van der Waals surface area contributed by atoms with Gasteiger partial charge in [-0.15, -0.1) is 11.6 Å². The van der Waals surface area contributed by atoms with Gasteiger partial charge in [0.05, 0.1) is 30.3 Å². The Hall–Kier alpha value is -4.14. The minimum absolute atomic E-state index is 0.171. The van der Waals surface area contributed by atoms with E-state index in [1.165, 1.54) is 19.3 Å². The van der Waals surface area contributed by atoms with Crippen molar-refractivity contribution in [2.75, 3.05) is 13.2 Å². The average Bonchev–Trinajstić information content (AvgIpc) is 3.89. The van der Waals surface area contributed by atoms with Gasteiger partial charge >= 0.3 is 46.5 Å². The van der Waals surface area contributed by atoms with Crippen LogP contribution < -0.4 is 0 Å². The molecule has 0 saturated carbocycles. The first-order chi connectivity index (χ1) is 28.5. The molecule has 0 atom stereocenters. The summed E-state index contributed by atoms with van der Waals surface area (Å²) in [5.74, 6) is -0.997. The van der Waals surface area contributed by atoms with Crippen molar-refractivity contribution in [3.63, 3.8) is 0 Å². The standard InChI is InChI=1S/C21H15Cl2N3O2.C15H11Cl2N3O2.C6H4Cl.HI.Zn/c1-2-28-21(27)18-12-20-24-17(13-7-9-14(22)10-8-13)11-19(26(20)25-18)15-5-3-4-6-16(15)23;1-2-22-15(21)12-8-14-18-11(7-13(17)20(14)19-12)9-3-5-10(16)6-4-9;7-6-4-2-1-3-5-6;;/h3-12H,2H2,1H3;3-8H,2H2,1H3;1-4H;1H;/q;;-1;;+2/p-1. The molecule has 0 aliphatic carbocycles. The number of carbonyl (C=O) groups excluding carboxylic acids is 2. The van der Waals surface area contributed by atoms with Crippen LogP contribution in [0.1, 0.15) is 34.8 Å². The predicted octanol–water partition coefficient (Wildman–Crippen LogP) is 12.4. The number of esters is 2. The van der Waals surface area contributed by atoms with Crippen LogP contribution >= 0.6 is 77.8 Å². The summed E-state index contributed by atoms with van der Waals surface area (Å²) in [6.07, 6.45) is 0. The molecule has 0 bridgehead atoms. The van der Waals surface area contributed by atoms with E-state index in [0.717, 1.165) is 28.1 Å². The molecule has 8 rings (SSSR count).